The molecule has 19 heavy (non-hydrogen) atoms. The van der Waals surface area contributed by atoms with Crippen molar-refractivity contribution in [3.8, 4) is 0 Å². The fourth-order valence-corrected chi connectivity index (χ4v) is 3.15. The van der Waals surface area contributed by atoms with Gasteiger partial charge in [-0.3, -0.25) is 4.79 Å². The van der Waals surface area contributed by atoms with Crippen molar-refractivity contribution in [3.05, 3.63) is 35.9 Å². The number of hydrogen-bond donors (Lipinski definition) is 0. The van der Waals surface area contributed by atoms with E-state index >= 15 is 0 Å². The van der Waals surface area contributed by atoms with Gasteiger partial charge in [-0.05, 0) is 24.2 Å². The van der Waals surface area contributed by atoms with Crippen LogP contribution >= 0.6 is 11.8 Å². The highest BCUT2D eigenvalue weighted by Crippen LogP contribution is 2.39. The van der Waals surface area contributed by atoms with E-state index in [-0.39, 0.29) is 23.4 Å². The number of hydrogen-bond acceptors (Lipinski definition) is 4. The Labute approximate surface area is 118 Å². The Morgan fingerprint density at radius 2 is 2.11 bits per heavy atom. The van der Waals surface area contributed by atoms with E-state index in [0.29, 0.717) is 0 Å². The minimum atomic E-state index is -0.208. The molecule has 1 saturated heterocycles. The van der Waals surface area contributed by atoms with Gasteiger partial charge in [0, 0.05) is 7.11 Å². The summed E-state index contributed by atoms with van der Waals surface area (Å²) < 4.78 is 11.2. The summed E-state index contributed by atoms with van der Waals surface area (Å²) in [7, 11) is 1.65. The molecule has 1 heterocycles. The molecule has 3 nitrogen and oxygen atoms in total. The van der Waals surface area contributed by atoms with Crippen LogP contribution in [0.15, 0.2) is 30.3 Å². The molecule has 1 aliphatic heterocycles. The fraction of sp³-hybridized carbons (Fsp3) is 0.533. The van der Waals surface area contributed by atoms with Crippen molar-refractivity contribution in [3.63, 3.8) is 0 Å². The Bertz CT molecular complexity index is 407. The molecule has 0 aromatic heterocycles. The largest absolute Gasteiger partial charge is 0.356 e. The first-order valence-electron chi connectivity index (χ1n) is 6.66. The second kappa shape index (κ2) is 7.08. The van der Waals surface area contributed by atoms with Crippen molar-refractivity contribution in [2.75, 3.05) is 12.9 Å². The van der Waals surface area contributed by atoms with E-state index in [1.54, 1.807) is 7.11 Å². The monoisotopic (exact) mass is 280 g/mol. The van der Waals surface area contributed by atoms with Gasteiger partial charge in [-0.2, -0.15) is 0 Å². The SMILES string of the molecule is CCSC(=O)[C@@H]1CCC(OC)O[C@@H]1c1ccccc1. The maximum Gasteiger partial charge on any atom is 0.194 e. The third-order valence-corrected chi connectivity index (χ3v) is 4.23. The lowest BCUT2D eigenvalue weighted by Crippen LogP contribution is -2.33. The summed E-state index contributed by atoms with van der Waals surface area (Å²) in [5, 5.41) is 0.228. The second-order valence-electron chi connectivity index (χ2n) is 4.57. The molecular weight excluding hydrogens is 260 g/mol. The van der Waals surface area contributed by atoms with Gasteiger partial charge in [-0.15, -0.1) is 0 Å². The molecule has 0 N–H and O–H groups in total. The number of carbonyl (C=O) groups excluding carboxylic acids is 1. The van der Waals surface area contributed by atoms with Crippen LogP contribution in [-0.2, 0) is 14.3 Å². The number of carbonyl (C=O) groups is 1. The minimum Gasteiger partial charge on any atom is -0.356 e. The highest BCUT2D eigenvalue weighted by Gasteiger charge is 2.36. The molecule has 4 heteroatoms. The van der Waals surface area contributed by atoms with Gasteiger partial charge in [0.15, 0.2) is 11.4 Å². The summed E-state index contributed by atoms with van der Waals surface area (Å²) >= 11 is 1.39. The number of ether oxygens (including phenoxy) is 2. The molecule has 0 bridgehead atoms. The maximum absolute atomic E-state index is 12.2. The highest BCUT2D eigenvalue weighted by atomic mass is 32.2. The first-order valence-corrected chi connectivity index (χ1v) is 7.64. The Balaban J connectivity index is 2.19. The molecule has 1 aliphatic rings. The van der Waals surface area contributed by atoms with Gasteiger partial charge in [0.25, 0.3) is 0 Å². The average Bonchev–Trinajstić information content (AvgIpc) is 2.47. The Morgan fingerprint density at radius 3 is 2.74 bits per heavy atom. The van der Waals surface area contributed by atoms with Crippen LogP contribution < -0.4 is 0 Å². The molecule has 1 aromatic rings. The van der Waals surface area contributed by atoms with Gasteiger partial charge in [-0.25, -0.2) is 0 Å². The molecule has 104 valence electrons. The third kappa shape index (κ3) is 3.59. The summed E-state index contributed by atoms with van der Waals surface area (Å²) in [5.74, 6) is 0.739. The van der Waals surface area contributed by atoms with E-state index in [1.807, 2.05) is 37.3 Å². The molecular formula is C15H20O3S. The van der Waals surface area contributed by atoms with E-state index in [4.69, 9.17) is 9.47 Å². The highest BCUT2D eigenvalue weighted by molar-refractivity contribution is 8.13. The van der Waals surface area contributed by atoms with Crippen LogP contribution in [0.2, 0.25) is 0 Å². The van der Waals surface area contributed by atoms with Gasteiger partial charge in [0.1, 0.15) is 0 Å². The number of benzene rings is 1. The summed E-state index contributed by atoms with van der Waals surface area (Å²) in [6.45, 7) is 2.00. The van der Waals surface area contributed by atoms with Gasteiger partial charge in [0.2, 0.25) is 0 Å². The van der Waals surface area contributed by atoms with Crippen LogP contribution in [0.5, 0.6) is 0 Å². The summed E-state index contributed by atoms with van der Waals surface area (Å²) in [5.41, 5.74) is 1.05. The van der Waals surface area contributed by atoms with Crippen LogP contribution in [0.25, 0.3) is 0 Å². The molecule has 3 atom stereocenters. The molecule has 0 amide bonds. The van der Waals surface area contributed by atoms with E-state index in [2.05, 4.69) is 0 Å². The van der Waals surface area contributed by atoms with Crippen molar-refractivity contribution < 1.29 is 14.3 Å². The topological polar surface area (TPSA) is 35.5 Å². The van der Waals surface area contributed by atoms with Gasteiger partial charge < -0.3 is 9.47 Å². The third-order valence-electron chi connectivity index (χ3n) is 3.36. The predicted molar refractivity (Wildman–Crippen MR) is 76.9 cm³/mol. The van der Waals surface area contributed by atoms with Gasteiger partial charge >= 0.3 is 0 Å². The van der Waals surface area contributed by atoms with Crippen molar-refractivity contribution in [1.29, 1.82) is 0 Å². The molecule has 2 rings (SSSR count). The summed E-state index contributed by atoms with van der Waals surface area (Å²) in [6.07, 6.45) is 1.21. The lowest BCUT2D eigenvalue weighted by molar-refractivity contribution is -0.198. The molecule has 0 saturated carbocycles. The van der Waals surface area contributed by atoms with Crippen molar-refractivity contribution in [2.45, 2.75) is 32.2 Å². The molecule has 0 spiro atoms. The smallest absolute Gasteiger partial charge is 0.194 e. The Morgan fingerprint density at radius 1 is 1.37 bits per heavy atom. The fourth-order valence-electron chi connectivity index (χ4n) is 2.41. The standard InChI is InChI=1S/C15H20O3S/c1-3-19-15(16)12-9-10-13(17-2)18-14(12)11-7-5-4-6-8-11/h4-8,12-14H,3,9-10H2,1-2H3/t12-,13?,14-/m1/s1. The Hall–Kier alpha value is -0.840. The quantitative estimate of drug-likeness (QED) is 0.846. The van der Waals surface area contributed by atoms with Crippen LogP contribution in [0.3, 0.4) is 0 Å². The molecule has 1 unspecified atom stereocenters. The van der Waals surface area contributed by atoms with Crippen molar-refractivity contribution >= 4 is 16.9 Å². The maximum atomic E-state index is 12.2. The Kier molecular flexibility index (Phi) is 5.43. The van der Waals surface area contributed by atoms with Crippen LogP contribution in [-0.4, -0.2) is 24.3 Å². The van der Waals surface area contributed by atoms with Crippen LogP contribution in [0.4, 0.5) is 0 Å². The lowest BCUT2D eigenvalue weighted by Gasteiger charge is -2.35. The second-order valence-corrected chi connectivity index (χ2v) is 5.84. The van der Waals surface area contributed by atoms with Gasteiger partial charge in [0.05, 0.1) is 12.0 Å². The minimum absolute atomic E-state index is 0.0706. The first-order chi connectivity index (χ1) is 9.26. The lowest BCUT2D eigenvalue weighted by atomic mass is 9.90. The van der Waals surface area contributed by atoms with E-state index in [1.165, 1.54) is 11.8 Å². The number of methoxy groups -OCH3 is 1. The molecule has 0 radical (unpaired) electrons. The molecule has 1 aromatic carbocycles. The van der Waals surface area contributed by atoms with E-state index in [0.717, 1.165) is 24.2 Å². The average molecular weight is 280 g/mol. The van der Waals surface area contributed by atoms with Crippen molar-refractivity contribution in [2.24, 2.45) is 5.92 Å². The first kappa shape index (κ1) is 14.6. The number of thioether (sulfide) groups is 1. The van der Waals surface area contributed by atoms with Crippen molar-refractivity contribution in [1.82, 2.24) is 0 Å². The zero-order chi connectivity index (χ0) is 13.7. The normalized spacial score (nSPS) is 27.2. The summed E-state index contributed by atoms with van der Waals surface area (Å²) in [4.78, 5) is 12.2. The molecule has 0 aliphatic carbocycles. The van der Waals surface area contributed by atoms with Gasteiger partial charge in [-0.1, -0.05) is 49.0 Å². The van der Waals surface area contributed by atoms with E-state index in [9.17, 15) is 4.79 Å². The van der Waals surface area contributed by atoms with Crippen LogP contribution in [0.1, 0.15) is 31.4 Å². The number of rotatable bonds is 4. The zero-order valence-corrected chi connectivity index (χ0v) is 12.2. The molecule has 1 fully saturated rings. The zero-order valence-electron chi connectivity index (χ0n) is 11.4. The van der Waals surface area contributed by atoms with E-state index < -0.39 is 0 Å². The predicted octanol–water partition coefficient (Wildman–Crippen LogP) is 3.41. The summed E-state index contributed by atoms with van der Waals surface area (Å²) in [6, 6.07) is 9.95. The van der Waals surface area contributed by atoms with Crippen LogP contribution in [0, 0.1) is 5.92 Å².